The lowest BCUT2D eigenvalue weighted by molar-refractivity contribution is 0.262. The van der Waals surface area contributed by atoms with Gasteiger partial charge in [-0.3, -0.25) is 0 Å². The highest BCUT2D eigenvalue weighted by molar-refractivity contribution is 4.93. The highest BCUT2D eigenvalue weighted by Gasteiger charge is 2.18. The first-order valence-electron chi connectivity index (χ1n) is 3.17. The highest BCUT2D eigenvalue weighted by Crippen LogP contribution is 2.19. The molecule has 4 heteroatoms. The first kappa shape index (κ1) is 7.44. The van der Waals surface area contributed by atoms with Crippen molar-refractivity contribution in [3.05, 3.63) is 12.0 Å². The Morgan fingerprint density at radius 3 is 1.90 bits per heavy atom. The average molecular weight is 151 g/mol. The SMILES string of the molecule is FC(F)=C(F)N1CCCC1. The van der Waals surface area contributed by atoms with Crippen molar-refractivity contribution < 1.29 is 13.2 Å². The van der Waals surface area contributed by atoms with E-state index < -0.39 is 12.0 Å². The minimum absolute atomic E-state index is 0.420. The van der Waals surface area contributed by atoms with Crippen molar-refractivity contribution in [3.8, 4) is 0 Å². The van der Waals surface area contributed by atoms with Gasteiger partial charge in [0.15, 0.2) is 0 Å². The average Bonchev–Trinajstić information content (AvgIpc) is 2.36. The van der Waals surface area contributed by atoms with Crippen LogP contribution in [0, 0.1) is 0 Å². The van der Waals surface area contributed by atoms with Crippen molar-refractivity contribution in [2.24, 2.45) is 0 Å². The van der Waals surface area contributed by atoms with E-state index >= 15 is 0 Å². The Kier molecular flexibility index (Phi) is 2.19. The van der Waals surface area contributed by atoms with Crippen LogP contribution < -0.4 is 0 Å². The molecule has 0 spiro atoms. The van der Waals surface area contributed by atoms with Gasteiger partial charge in [0.25, 0.3) is 5.95 Å². The monoisotopic (exact) mass is 151 g/mol. The summed E-state index contributed by atoms with van der Waals surface area (Å²) in [6.45, 7) is 0.840. The molecule has 1 saturated heterocycles. The fraction of sp³-hybridized carbons (Fsp3) is 0.667. The van der Waals surface area contributed by atoms with Gasteiger partial charge in [-0.15, -0.1) is 0 Å². The minimum Gasteiger partial charge on any atom is -0.344 e. The molecule has 0 aliphatic carbocycles. The lowest BCUT2D eigenvalue weighted by Gasteiger charge is -2.11. The summed E-state index contributed by atoms with van der Waals surface area (Å²) in [4.78, 5) is 1.06. The molecular formula is C6H8F3N. The molecule has 0 radical (unpaired) electrons. The Labute approximate surface area is 57.1 Å². The Bertz CT molecular complexity index is 145. The number of hydrogen-bond acceptors (Lipinski definition) is 1. The zero-order chi connectivity index (χ0) is 7.56. The molecule has 58 valence electrons. The first-order chi connectivity index (χ1) is 4.72. The summed E-state index contributed by atoms with van der Waals surface area (Å²) in [5.74, 6) is -1.35. The minimum atomic E-state index is -2.21. The van der Waals surface area contributed by atoms with Crippen LogP contribution in [0.3, 0.4) is 0 Å². The molecule has 1 fully saturated rings. The number of halogens is 3. The van der Waals surface area contributed by atoms with Crippen LogP contribution in [-0.2, 0) is 0 Å². The molecule has 1 rings (SSSR count). The lowest BCUT2D eigenvalue weighted by Crippen LogP contribution is -2.16. The van der Waals surface area contributed by atoms with Gasteiger partial charge in [0.05, 0.1) is 0 Å². The van der Waals surface area contributed by atoms with Gasteiger partial charge in [0, 0.05) is 13.1 Å². The quantitative estimate of drug-likeness (QED) is 0.519. The van der Waals surface area contributed by atoms with E-state index in [1.54, 1.807) is 0 Å². The summed E-state index contributed by atoms with van der Waals surface area (Å²) < 4.78 is 35.4. The largest absolute Gasteiger partial charge is 0.344 e. The molecule has 0 aromatic carbocycles. The van der Waals surface area contributed by atoms with E-state index in [0.29, 0.717) is 13.1 Å². The molecule has 0 unspecified atom stereocenters. The van der Waals surface area contributed by atoms with Crippen molar-refractivity contribution in [2.45, 2.75) is 12.8 Å². The summed E-state index contributed by atoms with van der Waals surface area (Å²) in [5.41, 5.74) is 0. The van der Waals surface area contributed by atoms with Gasteiger partial charge < -0.3 is 4.90 Å². The Morgan fingerprint density at radius 1 is 1.00 bits per heavy atom. The van der Waals surface area contributed by atoms with Crippen LogP contribution >= 0.6 is 0 Å². The van der Waals surface area contributed by atoms with Crippen LogP contribution in [0.15, 0.2) is 12.0 Å². The molecule has 10 heavy (non-hydrogen) atoms. The molecule has 0 amide bonds. The van der Waals surface area contributed by atoms with E-state index in [-0.39, 0.29) is 0 Å². The van der Waals surface area contributed by atoms with Crippen molar-refractivity contribution >= 4 is 0 Å². The molecule has 1 heterocycles. The maximum atomic E-state index is 12.3. The van der Waals surface area contributed by atoms with Crippen LogP contribution in [0.5, 0.6) is 0 Å². The molecule has 0 N–H and O–H groups in total. The molecule has 0 atom stereocenters. The predicted molar refractivity (Wildman–Crippen MR) is 31.2 cm³/mol. The molecule has 0 aromatic rings. The Morgan fingerprint density at radius 2 is 1.50 bits per heavy atom. The van der Waals surface area contributed by atoms with E-state index in [1.165, 1.54) is 0 Å². The molecule has 1 aliphatic rings. The zero-order valence-electron chi connectivity index (χ0n) is 5.41. The number of nitrogens with zero attached hydrogens (tertiary/aromatic N) is 1. The van der Waals surface area contributed by atoms with Gasteiger partial charge in [-0.2, -0.15) is 13.2 Å². The van der Waals surface area contributed by atoms with E-state index in [4.69, 9.17) is 0 Å². The standard InChI is InChI=1S/C6H8F3N/c7-5(8)6(9)10-3-1-2-4-10/h1-4H2. The summed E-state index contributed by atoms with van der Waals surface area (Å²) in [5, 5.41) is 0. The molecule has 0 bridgehead atoms. The van der Waals surface area contributed by atoms with Crippen LogP contribution in [0.1, 0.15) is 12.8 Å². The lowest BCUT2D eigenvalue weighted by atomic mass is 10.4. The predicted octanol–water partition coefficient (Wildman–Crippen LogP) is 2.12. The number of likely N-dealkylation sites (tertiary alicyclic amines) is 1. The summed E-state index contributed by atoms with van der Waals surface area (Å²) >= 11 is 0. The molecule has 0 saturated carbocycles. The second-order valence-electron chi connectivity index (χ2n) is 2.25. The van der Waals surface area contributed by atoms with Gasteiger partial charge in [-0.05, 0) is 12.8 Å². The maximum absolute atomic E-state index is 12.3. The second kappa shape index (κ2) is 2.94. The van der Waals surface area contributed by atoms with Crippen molar-refractivity contribution in [1.82, 2.24) is 4.90 Å². The van der Waals surface area contributed by atoms with Crippen LogP contribution in [0.4, 0.5) is 13.2 Å². The Hall–Kier alpha value is -0.670. The normalized spacial score (nSPS) is 17.7. The van der Waals surface area contributed by atoms with Gasteiger partial charge in [-0.1, -0.05) is 0 Å². The fourth-order valence-corrected chi connectivity index (χ4v) is 1.03. The fourth-order valence-electron chi connectivity index (χ4n) is 1.03. The number of hydrogen-bond donors (Lipinski definition) is 0. The smallest absolute Gasteiger partial charge is 0.322 e. The third kappa shape index (κ3) is 1.43. The second-order valence-corrected chi connectivity index (χ2v) is 2.25. The summed E-state index contributed by atoms with van der Waals surface area (Å²) in [6.07, 6.45) is -0.594. The maximum Gasteiger partial charge on any atom is 0.322 e. The highest BCUT2D eigenvalue weighted by atomic mass is 19.3. The van der Waals surface area contributed by atoms with Crippen LogP contribution in [-0.4, -0.2) is 18.0 Å². The van der Waals surface area contributed by atoms with Crippen molar-refractivity contribution in [1.29, 1.82) is 0 Å². The van der Waals surface area contributed by atoms with Gasteiger partial charge in [0.2, 0.25) is 0 Å². The van der Waals surface area contributed by atoms with E-state index in [1.807, 2.05) is 0 Å². The Balaban J connectivity index is 2.56. The first-order valence-corrected chi connectivity index (χ1v) is 3.17. The van der Waals surface area contributed by atoms with Crippen molar-refractivity contribution in [2.75, 3.05) is 13.1 Å². The number of rotatable bonds is 1. The molecule has 1 aliphatic heterocycles. The topological polar surface area (TPSA) is 3.24 Å². The van der Waals surface area contributed by atoms with E-state index in [9.17, 15) is 13.2 Å². The molecular weight excluding hydrogens is 143 g/mol. The molecule has 0 aromatic heterocycles. The third-order valence-electron chi connectivity index (χ3n) is 1.54. The third-order valence-corrected chi connectivity index (χ3v) is 1.54. The van der Waals surface area contributed by atoms with Crippen LogP contribution in [0.2, 0.25) is 0 Å². The van der Waals surface area contributed by atoms with E-state index in [2.05, 4.69) is 0 Å². The van der Waals surface area contributed by atoms with E-state index in [0.717, 1.165) is 17.7 Å². The van der Waals surface area contributed by atoms with Gasteiger partial charge in [-0.25, -0.2) is 0 Å². The zero-order valence-corrected chi connectivity index (χ0v) is 5.41. The summed E-state index contributed by atoms with van der Waals surface area (Å²) in [7, 11) is 0. The van der Waals surface area contributed by atoms with Crippen LogP contribution in [0.25, 0.3) is 0 Å². The van der Waals surface area contributed by atoms with Gasteiger partial charge in [0.1, 0.15) is 0 Å². The van der Waals surface area contributed by atoms with Crippen molar-refractivity contribution in [3.63, 3.8) is 0 Å². The van der Waals surface area contributed by atoms with Gasteiger partial charge >= 0.3 is 6.08 Å². The molecule has 1 nitrogen and oxygen atoms in total. The summed E-state index contributed by atoms with van der Waals surface area (Å²) in [6, 6.07) is 0.